The van der Waals surface area contributed by atoms with Crippen LogP contribution in [0.3, 0.4) is 0 Å². The molecule has 0 bridgehead atoms. The maximum absolute atomic E-state index is 12.3. The van der Waals surface area contributed by atoms with Gasteiger partial charge in [-0.05, 0) is 18.2 Å². The summed E-state index contributed by atoms with van der Waals surface area (Å²) in [7, 11) is 0. The van der Waals surface area contributed by atoms with E-state index in [0.29, 0.717) is 10.6 Å². The van der Waals surface area contributed by atoms with Gasteiger partial charge < -0.3 is 4.42 Å². The number of nitro benzene ring substituents is 2. The highest BCUT2D eigenvalue weighted by atomic mass is 35.5. The van der Waals surface area contributed by atoms with Crippen LogP contribution in [0.5, 0.6) is 0 Å². The maximum atomic E-state index is 12.3. The number of hydrogen-bond donors (Lipinski definition) is 1. The molecule has 1 N–H and O–H groups in total. The number of non-ortho nitro benzene ring substituents is 2. The minimum atomic E-state index is -0.913. The van der Waals surface area contributed by atoms with Crippen LogP contribution in [-0.2, 0) is 0 Å². The Morgan fingerprint density at radius 3 is 2.21 bits per heavy atom. The molecule has 1 amide bonds. The van der Waals surface area contributed by atoms with Crippen LogP contribution in [-0.4, -0.2) is 26.0 Å². The van der Waals surface area contributed by atoms with Crippen LogP contribution in [0.15, 0.2) is 40.8 Å². The molecule has 0 atom stereocenters. The largest absolute Gasteiger partial charge is 0.403 e. The highest BCUT2D eigenvalue weighted by Gasteiger charge is 2.21. The van der Waals surface area contributed by atoms with E-state index in [0.717, 1.165) is 18.2 Å². The molecule has 28 heavy (non-hydrogen) atoms. The zero-order valence-electron chi connectivity index (χ0n) is 13.5. The van der Waals surface area contributed by atoms with Crippen molar-refractivity contribution in [2.24, 2.45) is 0 Å². The molecule has 0 aliphatic rings. The third kappa shape index (κ3) is 4.05. The zero-order valence-corrected chi connectivity index (χ0v) is 15.0. The molecule has 0 radical (unpaired) electrons. The van der Waals surface area contributed by atoms with Crippen molar-refractivity contribution in [3.05, 3.63) is 72.2 Å². The van der Waals surface area contributed by atoms with Crippen molar-refractivity contribution < 1.29 is 19.1 Å². The summed E-state index contributed by atoms with van der Waals surface area (Å²) in [6.07, 6.45) is 0. The summed E-state index contributed by atoms with van der Waals surface area (Å²) in [4.78, 5) is 32.4. The lowest BCUT2D eigenvalue weighted by Gasteiger charge is -2.02. The third-order valence-corrected chi connectivity index (χ3v) is 3.94. The van der Waals surface area contributed by atoms with Gasteiger partial charge in [-0.3, -0.25) is 30.3 Å². The number of halogens is 2. The van der Waals surface area contributed by atoms with Crippen LogP contribution >= 0.6 is 23.2 Å². The lowest BCUT2D eigenvalue weighted by molar-refractivity contribution is -0.394. The number of nitro groups is 2. The summed E-state index contributed by atoms with van der Waals surface area (Å²) in [6, 6.07) is 6.72. The molecule has 11 nitrogen and oxygen atoms in total. The summed E-state index contributed by atoms with van der Waals surface area (Å²) in [6.45, 7) is 0. The molecule has 1 aromatic heterocycles. The van der Waals surface area contributed by atoms with Gasteiger partial charge in [0.1, 0.15) is 0 Å². The fourth-order valence-corrected chi connectivity index (χ4v) is 2.64. The van der Waals surface area contributed by atoms with Gasteiger partial charge in [0.25, 0.3) is 23.2 Å². The fourth-order valence-electron chi connectivity index (χ4n) is 2.15. The molecule has 3 rings (SSSR count). The smallest absolute Gasteiger partial charge is 0.322 e. The van der Waals surface area contributed by atoms with Crippen LogP contribution < -0.4 is 5.32 Å². The number of amides is 1. The van der Waals surface area contributed by atoms with Gasteiger partial charge in [-0.25, -0.2) is 0 Å². The predicted molar refractivity (Wildman–Crippen MR) is 97.5 cm³/mol. The number of anilines is 1. The first-order chi connectivity index (χ1) is 13.2. The monoisotopic (exact) mass is 423 g/mol. The molecule has 2 aromatic carbocycles. The van der Waals surface area contributed by atoms with Gasteiger partial charge in [0, 0.05) is 17.2 Å². The minimum Gasteiger partial charge on any atom is -0.403 e. The van der Waals surface area contributed by atoms with E-state index in [1.807, 2.05) is 0 Å². The van der Waals surface area contributed by atoms with E-state index in [4.69, 9.17) is 27.6 Å². The van der Waals surface area contributed by atoms with Crippen LogP contribution in [0.4, 0.5) is 17.4 Å². The number of benzene rings is 2. The van der Waals surface area contributed by atoms with Crippen molar-refractivity contribution in [2.75, 3.05) is 5.32 Å². The summed E-state index contributed by atoms with van der Waals surface area (Å²) < 4.78 is 5.29. The predicted octanol–water partition coefficient (Wildman–Crippen LogP) is 4.11. The Hall–Kier alpha value is -3.57. The van der Waals surface area contributed by atoms with Crippen molar-refractivity contribution in [3.8, 4) is 11.5 Å². The second-order valence-corrected chi connectivity index (χ2v) is 6.09. The number of nitrogens with one attached hydrogen (secondary N) is 1. The highest BCUT2D eigenvalue weighted by Crippen LogP contribution is 2.30. The molecule has 0 aliphatic heterocycles. The average Bonchev–Trinajstić information content (AvgIpc) is 3.09. The van der Waals surface area contributed by atoms with Crippen LogP contribution in [0.1, 0.15) is 10.4 Å². The van der Waals surface area contributed by atoms with Crippen molar-refractivity contribution in [1.82, 2.24) is 10.2 Å². The Labute approximate surface area is 165 Å². The number of carbonyl (C=O) groups excluding carboxylic acids is 1. The first-order valence-corrected chi connectivity index (χ1v) is 8.04. The van der Waals surface area contributed by atoms with Crippen molar-refractivity contribution in [1.29, 1.82) is 0 Å². The second-order valence-electron chi connectivity index (χ2n) is 5.24. The van der Waals surface area contributed by atoms with Gasteiger partial charge in [0.2, 0.25) is 0 Å². The minimum absolute atomic E-state index is 0.0120. The fraction of sp³-hybridized carbons (Fsp3) is 0. The van der Waals surface area contributed by atoms with Gasteiger partial charge in [-0.2, -0.15) is 0 Å². The van der Waals surface area contributed by atoms with Crippen LogP contribution in [0, 0.1) is 20.2 Å². The Morgan fingerprint density at radius 1 is 1.00 bits per heavy atom. The SMILES string of the molecule is O=C(Nc1nnc(-c2ccc(Cl)cc2Cl)o1)c1cc([N+](=O)[O-])cc([N+](=O)[O-])c1. The zero-order chi connectivity index (χ0) is 20.4. The molecular weight excluding hydrogens is 417 g/mol. The van der Waals surface area contributed by atoms with E-state index in [9.17, 15) is 25.0 Å². The number of hydrogen-bond acceptors (Lipinski definition) is 8. The molecule has 1 heterocycles. The first-order valence-electron chi connectivity index (χ1n) is 7.29. The molecule has 13 heteroatoms. The molecule has 142 valence electrons. The Balaban J connectivity index is 1.87. The highest BCUT2D eigenvalue weighted by molar-refractivity contribution is 6.36. The Bertz CT molecular complexity index is 1080. The van der Waals surface area contributed by atoms with Crippen molar-refractivity contribution >= 4 is 46.5 Å². The summed E-state index contributed by atoms with van der Waals surface area (Å²) in [5.41, 5.74) is -1.19. The van der Waals surface area contributed by atoms with Crippen molar-refractivity contribution in [3.63, 3.8) is 0 Å². The van der Waals surface area contributed by atoms with Gasteiger partial charge in [-0.1, -0.05) is 28.3 Å². The van der Waals surface area contributed by atoms with E-state index in [1.54, 1.807) is 6.07 Å². The maximum Gasteiger partial charge on any atom is 0.322 e. The number of aromatic nitrogens is 2. The van der Waals surface area contributed by atoms with E-state index in [2.05, 4.69) is 15.5 Å². The number of carbonyl (C=O) groups is 1. The topological polar surface area (TPSA) is 154 Å². The van der Waals surface area contributed by atoms with E-state index in [1.165, 1.54) is 12.1 Å². The average molecular weight is 424 g/mol. The molecule has 0 spiro atoms. The molecule has 0 unspecified atom stereocenters. The van der Waals surface area contributed by atoms with E-state index >= 15 is 0 Å². The molecule has 0 fully saturated rings. The quantitative estimate of drug-likeness (QED) is 0.474. The third-order valence-electron chi connectivity index (χ3n) is 3.39. The summed E-state index contributed by atoms with van der Waals surface area (Å²) in [5, 5.41) is 32.0. The molecule has 0 saturated carbocycles. The van der Waals surface area contributed by atoms with Crippen LogP contribution in [0.25, 0.3) is 11.5 Å². The summed E-state index contributed by atoms with van der Waals surface area (Å²) >= 11 is 11.9. The molecule has 3 aromatic rings. The first kappa shape index (κ1) is 19.2. The standard InChI is InChI=1S/C15H7Cl2N5O6/c16-8-1-2-11(12(17)5-8)14-19-20-15(28-14)18-13(23)7-3-9(21(24)25)6-10(4-7)22(26)27/h1-6H,(H,18,20,23). The van der Waals surface area contributed by atoms with E-state index in [-0.39, 0.29) is 22.5 Å². The summed E-state index contributed by atoms with van der Waals surface area (Å²) in [5.74, 6) is -0.925. The molecule has 0 aliphatic carbocycles. The van der Waals surface area contributed by atoms with E-state index < -0.39 is 27.1 Å². The molecule has 0 saturated heterocycles. The normalized spacial score (nSPS) is 10.5. The second kappa shape index (κ2) is 7.58. The van der Waals surface area contributed by atoms with Crippen molar-refractivity contribution in [2.45, 2.75) is 0 Å². The van der Waals surface area contributed by atoms with Crippen LogP contribution in [0.2, 0.25) is 10.0 Å². The number of rotatable bonds is 5. The lowest BCUT2D eigenvalue weighted by Crippen LogP contribution is -2.13. The van der Waals surface area contributed by atoms with Gasteiger partial charge in [0.15, 0.2) is 0 Å². The lowest BCUT2D eigenvalue weighted by atomic mass is 10.1. The van der Waals surface area contributed by atoms with Gasteiger partial charge >= 0.3 is 6.01 Å². The Kier molecular flexibility index (Phi) is 5.20. The molecular formula is C15H7Cl2N5O6. The van der Waals surface area contributed by atoms with Gasteiger partial charge in [0.05, 0.1) is 32.1 Å². The Morgan fingerprint density at radius 2 is 1.64 bits per heavy atom. The van der Waals surface area contributed by atoms with Gasteiger partial charge in [-0.15, -0.1) is 5.10 Å². The number of nitrogens with zero attached hydrogens (tertiary/aromatic N) is 4.